The molecule has 0 saturated carbocycles. The fraction of sp³-hybridized carbons (Fsp3) is 0.455. The van der Waals surface area contributed by atoms with Crippen molar-refractivity contribution in [2.24, 2.45) is 0 Å². The third kappa shape index (κ3) is 2.43. The summed E-state index contributed by atoms with van der Waals surface area (Å²) < 4.78 is 23.2. The zero-order valence-corrected chi connectivity index (χ0v) is 10.3. The minimum absolute atomic E-state index is 0.223. The predicted octanol–water partition coefficient (Wildman–Crippen LogP) is -0.368. The molecule has 2 atom stereocenters. The van der Waals surface area contributed by atoms with Gasteiger partial charge in [-0.15, -0.1) is 0 Å². The highest BCUT2D eigenvalue weighted by Gasteiger charge is 2.31. The van der Waals surface area contributed by atoms with Gasteiger partial charge in [0.15, 0.2) is 9.84 Å². The molecular weight excluding hydrogens is 242 g/mol. The van der Waals surface area contributed by atoms with Gasteiger partial charge < -0.3 is 15.1 Å². The minimum Gasteiger partial charge on any atom is -0.389 e. The number of sulfone groups is 1. The van der Waals surface area contributed by atoms with Gasteiger partial charge in [0.25, 0.3) is 0 Å². The van der Waals surface area contributed by atoms with E-state index >= 15 is 0 Å². The van der Waals surface area contributed by atoms with Crippen LogP contribution in [0.3, 0.4) is 0 Å². The van der Waals surface area contributed by atoms with Gasteiger partial charge in [-0.1, -0.05) is 12.1 Å². The first kappa shape index (κ1) is 12.3. The lowest BCUT2D eigenvalue weighted by Gasteiger charge is -2.20. The van der Waals surface area contributed by atoms with Crippen LogP contribution in [0.1, 0.15) is 0 Å². The summed E-state index contributed by atoms with van der Waals surface area (Å²) in [4.78, 5) is 1.91. The number of rotatable bonds is 2. The zero-order valence-electron chi connectivity index (χ0n) is 9.44. The number of nitrogens with zero attached hydrogens (tertiary/aromatic N) is 1. The molecule has 94 valence electrons. The second-order valence-corrected chi connectivity index (χ2v) is 6.26. The van der Waals surface area contributed by atoms with Crippen molar-refractivity contribution >= 4 is 15.5 Å². The van der Waals surface area contributed by atoms with Crippen molar-refractivity contribution in [3.63, 3.8) is 0 Å². The molecular formula is C11H15NO4S. The van der Waals surface area contributed by atoms with Gasteiger partial charge >= 0.3 is 0 Å². The maximum atomic E-state index is 11.6. The molecule has 0 amide bonds. The maximum Gasteiger partial charge on any atom is 0.177 e. The van der Waals surface area contributed by atoms with Crippen LogP contribution in [0.2, 0.25) is 0 Å². The molecule has 0 spiro atoms. The second-order valence-electron chi connectivity index (χ2n) is 4.28. The van der Waals surface area contributed by atoms with Crippen LogP contribution in [0, 0.1) is 0 Å². The fourth-order valence-corrected chi connectivity index (χ4v) is 2.90. The summed E-state index contributed by atoms with van der Waals surface area (Å²) >= 11 is 0. The van der Waals surface area contributed by atoms with Crippen LogP contribution in [0.5, 0.6) is 0 Å². The lowest BCUT2D eigenvalue weighted by Crippen LogP contribution is -2.23. The smallest absolute Gasteiger partial charge is 0.177 e. The number of para-hydroxylation sites is 1. The Morgan fingerprint density at radius 1 is 1.18 bits per heavy atom. The fourth-order valence-electron chi connectivity index (χ4n) is 2.00. The molecule has 6 heteroatoms. The van der Waals surface area contributed by atoms with Gasteiger partial charge in [-0.3, -0.25) is 0 Å². The van der Waals surface area contributed by atoms with Crippen LogP contribution in [-0.2, 0) is 9.84 Å². The average molecular weight is 257 g/mol. The molecule has 17 heavy (non-hydrogen) atoms. The van der Waals surface area contributed by atoms with Crippen molar-refractivity contribution < 1.29 is 18.6 Å². The number of β-amino-alcohol motifs (C(OH)–C–C–N with tert-alkyl or cyclic N) is 2. The summed E-state index contributed by atoms with van der Waals surface area (Å²) in [5.74, 6) is 0. The van der Waals surface area contributed by atoms with Crippen LogP contribution < -0.4 is 4.90 Å². The topological polar surface area (TPSA) is 77.8 Å². The summed E-state index contributed by atoms with van der Waals surface area (Å²) in [6, 6.07) is 6.60. The first-order valence-corrected chi connectivity index (χ1v) is 7.19. The van der Waals surface area contributed by atoms with E-state index < -0.39 is 22.0 Å². The molecule has 2 rings (SSSR count). The Hall–Kier alpha value is -1.11. The lowest BCUT2D eigenvalue weighted by molar-refractivity contribution is 0.0572. The van der Waals surface area contributed by atoms with Crippen molar-refractivity contribution in [1.29, 1.82) is 0 Å². The first-order chi connectivity index (χ1) is 7.89. The van der Waals surface area contributed by atoms with Crippen molar-refractivity contribution in [2.75, 3.05) is 24.2 Å². The van der Waals surface area contributed by atoms with Gasteiger partial charge in [0.1, 0.15) is 0 Å². The number of hydrogen-bond acceptors (Lipinski definition) is 5. The molecule has 2 unspecified atom stereocenters. The summed E-state index contributed by atoms with van der Waals surface area (Å²) in [5.41, 5.74) is 0.533. The third-order valence-electron chi connectivity index (χ3n) is 2.86. The number of anilines is 1. The van der Waals surface area contributed by atoms with Crippen LogP contribution in [0.25, 0.3) is 0 Å². The molecule has 1 aromatic rings. The normalized spacial score (nSPS) is 25.2. The van der Waals surface area contributed by atoms with E-state index in [1.165, 1.54) is 6.07 Å². The number of benzene rings is 1. The van der Waals surface area contributed by atoms with Crippen LogP contribution >= 0.6 is 0 Å². The molecule has 0 aliphatic carbocycles. The molecule has 2 N–H and O–H groups in total. The summed E-state index contributed by atoms with van der Waals surface area (Å²) in [6.07, 6.45) is -0.514. The number of aliphatic hydroxyl groups is 2. The number of aliphatic hydroxyl groups excluding tert-OH is 2. The molecule has 1 saturated heterocycles. The lowest BCUT2D eigenvalue weighted by atomic mass is 10.3. The first-order valence-electron chi connectivity index (χ1n) is 5.30. The summed E-state index contributed by atoms with van der Waals surface area (Å²) in [7, 11) is -3.31. The quantitative estimate of drug-likeness (QED) is 0.756. The average Bonchev–Trinajstić information content (AvgIpc) is 2.58. The van der Waals surface area contributed by atoms with Crippen molar-refractivity contribution in [3.8, 4) is 0 Å². The Balaban J connectivity index is 2.40. The second kappa shape index (κ2) is 4.29. The van der Waals surface area contributed by atoms with Crippen molar-refractivity contribution in [3.05, 3.63) is 24.3 Å². The van der Waals surface area contributed by atoms with E-state index in [9.17, 15) is 18.6 Å². The van der Waals surface area contributed by atoms with Gasteiger partial charge in [-0.25, -0.2) is 8.42 Å². The van der Waals surface area contributed by atoms with E-state index in [1.807, 2.05) is 0 Å². The Labute approximate surface area is 100 Å². The predicted molar refractivity (Wildman–Crippen MR) is 63.8 cm³/mol. The van der Waals surface area contributed by atoms with E-state index in [-0.39, 0.29) is 18.0 Å². The van der Waals surface area contributed by atoms with Gasteiger partial charge in [-0.2, -0.15) is 0 Å². The van der Waals surface area contributed by atoms with E-state index in [4.69, 9.17) is 0 Å². The monoisotopic (exact) mass is 257 g/mol. The molecule has 0 radical (unpaired) electrons. The van der Waals surface area contributed by atoms with Crippen LogP contribution in [0.4, 0.5) is 5.69 Å². The van der Waals surface area contributed by atoms with Gasteiger partial charge in [0, 0.05) is 19.3 Å². The molecule has 1 fully saturated rings. The molecule has 5 nitrogen and oxygen atoms in total. The number of hydrogen-bond donors (Lipinski definition) is 2. The molecule has 1 heterocycles. The highest BCUT2D eigenvalue weighted by Crippen LogP contribution is 2.28. The van der Waals surface area contributed by atoms with Crippen LogP contribution in [0.15, 0.2) is 29.2 Å². The summed E-state index contributed by atoms with van der Waals surface area (Å²) in [6.45, 7) is 0.487. The van der Waals surface area contributed by atoms with E-state index in [2.05, 4.69) is 0 Å². The minimum atomic E-state index is -3.31. The highest BCUT2D eigenvalue weighted by atomic mass is 32.2. The molecule has 1 aliphatic heterocycles. The maximum absolute atomic E-state index is 11.6. The molecule has 0 bridgehead atoms. The molecule has 1 aliphatic rings. The van der Waals surface area contributed by atoms with E-state index in [0.717, 1.165) is 6.26 Å². The standard InChI is InChI=1S/C11H15NO4S/c1-17(15,16)11-5-3-2-4-8(11)12-6-9(13)10(14)7-12/h2-5,9-10,13-14H,6-7H2,1H3. The van der Waals surface area contributed by atoms with Gasteiger partial charge in [-0.05, 0) is 12.1 Å². The Morgan fingerprint density at radius 3 is 2.24 bits per heavy atom. The highest BCUT2D eigenvalue weighted by molar-refractivity contribution is 7.90. The third-order valence-corrected chi connectivity index (χ3v) is 4.01. The zero-order chi connectivity index (χ0) is 12.6. The summed E-state index contributed by atoms with van der Waals surface area (Å²) in [5, 5.41) is 19.0. The Bertz CT molecular complexity index is 504. The van der Waals surface area contributed by atoms with Crippen molar-refractivity contribution in [1.82, 2.24) is 0 Å². The van der Waals surface area contributed by atoms with Crippen molar-refractivity contribution in [2.45, 2.75) is 17.1 Å². The SMILES string of the molecule is CS(=O)(=O)c1ccccc1N1CC(O)C(O)C1. The van der Waals surface area contributed by atoms with E-state index in [0.29, 0.717) is 5.69 Å². The molecule has 1 aromatic carbocycles. The Morgan fingerprint density at radius 2 is 1.71 bits per heavy atom. The van der Waals surface area contributed by atoms with E-state index in [1.54, 1.807) is 23.1 Å². The largest absolute Gasteiger partial charge is 0.389 e. The molecule has 0 aromatic heterocycles. The van der Waals surface area contributed by atoms with Gasteiger partial charge in [0.05, 0.1) is 22.8 Å². The Kier molecular flexibility index (Phi) is 3.11. The van der Waals surface area contributed by atoms with Crippen LogP contribution in [-0.4, -0.2) is 50.2 Å². The van der Waals surface area contributed by atoms with Gasteiger partial charge in [0.2, 0.25) is 0 Å².